The number of hydrogen-bond donors (Lipinski definition) is 0. The Morgan fingerprint density at radius 1 is 1.23 bits per heavy atom. The summed E-state index contributed by atoms with van der Waals surface area (Å²) in [6, 6.07) is 13.4. The van der Waals surface area contributed by atoms with E-state index in [9.17, 15) is 12.8 Å². The van der Waals surface area contributed by atoms with Crippen LogP contribution in [0.25, 0.3) is 0 Å². The average Bonchev–Trinajstić information content (AvgIpc) is 3.41. The van der Waals surface area contributed by atoms with Crippen LogP contribution in [0, 0.1) is 12.7 Å². The standard InChI is InChI=1S/C23H26FN3O2S2/c1-17-10-23(31(28,29)16-19-12-25-30-15-19)21(24)11-22(17)26(2)20-8-9-27(14-20)13-18-6-4-3-5-7-18/h3-7,10-12,15,20H,8-9,13-14,16H2,1-2H3/t20-/m0/s1. The van der Waals surface area contributed by atoms with Crippen molar-refractivity contribution in [3.8, 4) is 0 Å². The second-order valence-corrected chi connectivity index (χ2v) is 10.8. The van der Waals surface area contributed by atoms with Crippen LogP contribution in [-0.4, -0.2) is 43.9 Å². The van der Waals surface area contributed by atoms with Crippen LogP contribution in [0.1, 0.15) is 23.1 Å². The Kier molecular flexibility index (Phi) is 6.41. The normalized spacial score (nSPS) is 17.2. The van der Waals surface area contributed by atoms with E-state index in [4.69, 9.17) is 0 Å². The van der Waals surface area contributed by atoms with E-state index in [2.05, 4.69) is 26.3 Å². The van der Waals surface area contributed by atoms with E-state index in [1.54, 1.807) is 5.38 Å². The van der Waals surface area contributed by atoms with Gasteiger partial charge in [-0.1, -0.05) is 30.3 Å². The van der Waals surface area contributed by atoms with Crippen molar-refractivity contribution in [2.75, 3.05) is 25.0 Å². The van der Waals surface area contributed by atoms with E-state index in [1.165, 1.54) is 35.4 Å². The highest BCUT2D eigenvalue weighted by atomic mass is 32.2. The van der Waals surface area contributed by atoms with Crippen molar-refractivity contribution in [3.05, 3.63) is 76.5 Å². The molecule has 1 atom stereocenters. The molecule has 5 nitrogen and oxygen atoms in total. The molecule has 1 aliphatic rings. The molecule has 2 heterocycles. The molecule has 8 heteroatoms. The quantitative estimate of drug-likeness (QED) is 0.528. The Labute approximate surface area is 187 Å². The molecule has 0 spiro atoms. The van der Waals surface area contributed by atoms with Gasteiger partial charge in [0.05, 0.1) is 5.75 Å². The summed E-state index contributed by atoms with van der Waals surface area (Å²) in [6.07, 6.45) is 2.49. The number of rotatable bonds is 7. The zero-order valence-corrected chi connectivity index (χ0v) is 19.3. The lowest BCUT2D eigenvalue weighted by Crippen LogP contribution is -2.35. The van der Waals surface area contributed by atoms with Crippen molar-refractivity contribution in [2.45, 2.75) is 36.6 Å². The van der Waals surface area contributed by atoms with Crippen molar-refractivity contribution < 1.29 is 12.8 Å². The van der Waals surface area contributed by atoms with Gasteiger partial charge in [0.1, 0.15) is 10.7 Å². The average molecular weight is 460 g/mol. The maximum Gasteiger partial charge on any atom is 0.185 e. The van der Waals surface area contributed by atoms with E-state index in [0.717, 1.165) is 37.3 Å². The van der Waals surface area contributed by atoms with Gasteiger partial charge in [0.25, 0.3) is 0 Å². The van der Waals surface area contributed by atoms with Crippen LogP contribution < -0.4 is 4.90 Å². The predicted molar refractivity (Wildman–Crippen MR) is 123 cm³/mol. The Hall–Kier alpha value is -2.29. The summed E-state index contributed by atoms with van der Waals surface area (Å²) in [4.78, 5) is 4.24. The lowest BCUT2D eigenvalue weighted by molar-refractivity contribution is 0.326. The third-order valence-electron chi connectivity index (χ3n) is 5.85. The highest BCUT2D eigenvalue weighted by Gasteiger charge is 2.28. The van der Waals surface area contributed by atoms with Gasteiger partial charge in [-0.15, -0.1) is 0 Å². The number of hydrogen-bond acceptors (Lipinski definition) is 6. The first-order valence-corrected chi connectivity index (χ1v) is 12.7. The largest absolute Gasteiger partial charge is 0.370 e. The summed E-state index contributed by atoms with van der Waals surface area (Å²) in [5, 5.41) is 1.67. The predicted octanol–water partition coefficient (Wildman–Crippen LogP) is 4.28. The van der Waals surface area contributed by atoms with Crippen molar-refractivity contribution in [3.63, 3.8) is 0 Å². The smallest absolute Gasteiger partial charge is 0.185 e. The molecule has 4 rings (SSSR count). The molecule has 0 N–H and O–H groups in total. The Morgan fingerprint density at radius 2 is 2.00 bits per heavy atom. The maximum atomic E-state index is 14.9. The first kappa shape index (κ1) is 21.9. The fourth-order valence-corrected chi connectivity index (χ4v) is 6.28. The van der Waals surface area contributed by atoms with Crippen molar-refractivity contribution in [1.29, 1.82) is 0 Å². The zero-order valence-electron chi connectivity index (χ0n) is 17.7. The second-order valence-electron chi connectivity index (χ2n) is 8.14. The Morgan fingerprint density at radius 3 is 2.71 bits per heavy atom. The molecule has 3 aromatic rings. The minimum atomic E-state index is -3.78. The molecule has 2 aromatic carbocycles. The van der Waals surface area contributed by atoms with Gasteiger partial charge in [-0.2, -0.15) is 0 Å². The van der Waals surface area contributed by atoms with Crippen LogP contribution in [0.2, 0.25) is 0 Å². The van der Waals surface area contributed by atoms with E-state index in [0.29, 0.717) is 5.56 Å². The number of halogens is 1. The van der Waals surface area contributed by atoms with Gasteiger partial charge in [0.2, 0.25) is 0 Å². The Bertz CT molecular complexity index is 1140. The summed E-state index contributed by atoms with van der Waals surface area (Å²) >= 11 is 1.18. The summed E-state index contributed by atoms with van der Waals surface area (Å²) in [6.45, 7) is 4.60. The van der Waals surface area contributed by atoms with Crippen LogP contribution in [0.5, 0.6) is 0 Å². The molecule has 31 heavy (non-hydrogen) atoms. The van der Waals surface area contributed by atoms with Crippen molar-refractivity contribution in [1.82, 2.24) is 9.27 Å². The number of likely N-dealkylation sites (N-methyl/N-ethyl adjacent to an activating group) is 1. The SMILES string of the molecule is Cc1cc(S(=O)(=O)Cc2cnsc2)c(F)cc1N(C)[C@H]1CCN(Cc2ccccc2)C1. The monoisotopic (exact) mass is 459 g/mol. The van der Waals surface area contributed by atoms with Gasteiger partial charge in [0, 0.05) is 50.0 Å². The van der Waals surface area contributed by atoms with Gasteiger partial charge in [-0.25, -0.2) is 17.2 Å². The number of aromatic nitrogens is 1. The lowest BCUT2D eigenvalue weighted by atomic mass is 10.1. The summed E-state index contributed by atoms with van der Waals surface area (Å²) in [7, 11) is -1.81. The lowest BCUT2D eigenvalue weighted by Gasteiger charge is -2.29. The van der Waals surface area contributed by atoms with Gasteiger partial charge in [-0.3, -0.25) is 4.90 Å². The van der Waals surface area contributed by atoms with Crippen LogP contribution in [-0.2, 0) is 22.1 Å². The van der Waals surface area contributed by atoms with Gasteiger partial charge >= 0.3 is 0 Å². The van der Waals surface area contributed by atoms with Gasteiger partial charge in [0.15, 0.2) is 9.84 Å². The first-order valence-electron chi connectivity index (χ1n) is 10.2. The van der Waals surface area contributed by atoms with E-state index >= 15 is 0 Å². The molecule has 1 saturated heterocycles. The number of anilines is 1. The molecule has 164 valence electrons. The van der Waals surface area contributed by atoms with Crippen molar-refractivity contribution >= 4 is 27.1 Å². The molecular formula is C23H26FN3O2S2. The van der Waals surface area contributed by atoms with Crippen LogP contribution in [0.15, 0.2) is 58.9 Å². The third kappa shape index (κ3) is 4.97. The molecule has 0 saturated carbocycles. The Balaban J connectivity index is 1.49. The van der Waals surface area contributed by atoms with Crippen LogP contribution >= 0.6 is 11.5 Å². The van der Waals surface area contributed by atoms with Crippen LogP contribution in [0.4, 0.5) is 10.1 Å². The molecule has 0 radical (unpaired) electrons. The third-order valence-corrected chi connectivity index (χ3v) is 8.18. The molecule has 1 fully saturated rings. The first-order chi connectivity index (χ1) is 14.8. The zero-order chi connectivity index (χ0) is 22.0. The van der Waals surface area contributed by atoms with E-state index < -0.39 is 15.7 Å². The molecule has 0 unspecified atom stereocenters. The fourth-order valence-electron chi connectivity index (χ4n) is 4.17. The number of likely N-dealkylation sites (tertiary alicyclic amines) is 1. The summed E-state index contributed by atoms with van der Waals surface area (Å²) in [5.74, 6) is -0.943. The summed E-state index contributed by atoms with van der Waals surface area (Å²) in [5.41, 5.74) is 3.35. The summed E-state index contributed by atoms with van der Waals surface area (Å²) < 4.78 is 44.3. The number of benzene rings is 2. The molecule has 1 aliphatic heterocycles. The topological polar surface area (TPSA) is 53.5 Å². The highest BCUT2D eigenvalue weighted by molar-refractivity contribution is 7.90. The van der Waals surface area contributed by atoms with E-state index in [-0.39, 0.29) is 16.7 Å². The minimum Gasteiger partial charge on any atom is -0.370 e. The van der Waals surface area contributed by atoms with Gasteiger partial charge in [-0.05, 0) is 53.7 Å². The molecule has 0 aliphatic carbocycles. The van der Waals surface area contributed by atoms with Gasteiger partial charge < -0.3 is 4.90 Å². The molecule has 1 aromatic heterocycles. The van der Waals surface area contributed by atoms with Crippen molar-refractivity contribution in [2.24, 2.45) is 0 Å². The highest BCUT2D eigenvalue weighted by Crippen LogP contribution is 2.31. The number of aryl methyl sites for hydroxylation is 1. The van der Waals surface area contributed by atoms with Crippen LogP contribution in [0.3, 0.4) is 0 Å². The molecular weight excluding hydrogens is 433 g/mol. The maximum absolute atomic E-state index is 14.9. The van der Waals surface area contributed by atoms with E-state index in [1.807, 2.05) is 32.2 Å². The fraction of sp³-hybridized carbons (Fsp3) is 0.348. The molecule has 0 amide bonds. The molecule has 0 bridgehead atoms. The number of sulfone groups is 1. The second kappa shape index (κ2) is 9.06. The number of nitrogens with zero attached hydrogens (tertiary/aromatic N) is 3. The minimum absolute atomic E-state index is 0.244.